The van der Waals surface area contributed by atoms with Gasteiger partial charge in [-0.15, -0.1) is 0 Å². The fourth-order valence-corrected chi connectivity index (χ4v) is 2.93. The normalized spacial score (nSPS) is 11.0. The lowest BCUT2D eigenvalue weighted by Gasteiger charge is -2.08. The molecule has 0 radical (unpaired) electrons. The van der Waals surface area contributed by atoms with E-state index in [1.165, 1.54) is 54.0 Å². The molecule has 7 nitrogen and oxygen atoms in total. The molecule has 122 valence electrons. The molecule has 0 aliphatic heterocycles. The summed E-state index contributed by atoms with van der Waals surface area (Å²) in [5, 5.41) is 8.42. The third-order valence-corrected chi connectivity index (χ3v) is 4.33. The molecule has 24 heavy (non-hydrogen) atoms. The summed E-state index contributed by atoms with van der Waals surface area (Å²) in [5.41, 5.74) is 2.67. The molecular formula is C16H13N3O4S. The first kappa shape index (κ1) is 17.2. The first-order valence-electron chi connectivity index (χ1n) is 6.67. The molecule has 0 saturated heterocycles. The third kappa shape index (κ3) is 4.42. The van der Waals surface area contributed by atoms with Gasteiger partial charge < -0.3 is 0 Å². The van der Waals surface area contributed by atoms with Crippen LogP contribution in [-0.4, -0.2) is 19.5 Å². The molecule has 0 bridgehead atoms. The predicted octanol–water partition coefficient (Wildman–Crippen LogP) is 2.56. The number of nitrogens with one attached hydrogen (secondary N) is 2. The van der Waals surface area contributed by atoms with Crippen LogP contribution in [0, 0.1) is 6.57 Å². The van der Waals surface area contributed by atoms with Crippen LogP contribution in [0.1, 0.15) is 5.56 Å². The van der Waals surface area contributed by atoms with Crippen LogP contribution in [0.3, 0.4) is 0 Å². The Morgan fingerprint density at radius 1 is 1.17 bits per heavy atom. The SMILES string of the molecule is [C-]#[N+]c1ccc(NS(=O)(=O)c2cccc(/C=C/C(=O)NO)c2)cc1. The highest BCUT2D eigenvalue weighted by Gasteiger charge is 2.14. The molecule has 0 aliphatic carbocycles. The lowest BCUT2D eigenvalue weighted by atomic mass is 10.2. The molecule has 0 unspecified atom stereocenters. The van der Waals surface area contributed by atoms with Gasteiger partial charge in [-0.3, -0.25) is 14.7 Å². The molecule has 0 atom stereocenters. The van der Waals surface area contributed by atoms with Crippen molar-refractivity contribution in [3.63, 3.8) is 0 Å². The van der Waals surface area contributed by atoms with Crippen LogP contribution in [0.2, 0.25) is 0 Å². The van der Waals surface area contributed by atoms with Crippen LogP contribution >= 0.6 is 0 Å². The number of hydrogen-bond donors (Lipinski definition) is 3. The summed E-state index contributed by atoms with van der Waals surface area (Å²) in [6.07, 6.45) is 2.44. The number of sulfonamides is 1. The Morgan fingerprint density at radius 2 is 1.88 bits per heavy atom. The summed E-state index contributed by atoms with van der Waals surface area (Å²) >= 11 is 0. The summed E-state index contributed by atoms with van der Waals surface area (Å²) < 4.78 is 27.2. The number of hydroxylamine groups is 1. The van der Waals surface area contributed by atoms with Crippen molar-refractivity contribution < 1.29 is 18.4 Å². The van der Waals surface area contributed by atoms with E-state index >= 15 is 0 Å². The largest absolute Gasteiger partial charge is 0.288 e. The van der Waals surface area contributed by atoms with Gasteiger partial charge in [-0.1, -0.05) is 24.3 Å². The van der Waals surface area contributed by atoms with Crippen molar-refractivity contribution in [1.82, 2.24) is 5.48 Å². The fourth-order valence-electron chi connectivity index (χ4n) is 1.81. The van der Waals surface area contributed by atoms with Crippen molar-refractivity contribution >= 4 is 33.4 Å². The van der Waals surface area contributed by atoms with Gasteiger partial charge in [0.2, 0.25) is 0 Å². The summed E-state index contributed by atoms with van der Waals surface area (Å²) in [6, 6.07) is 12.0. The Bertz CT molecular complexity index is 913. The van der Waals surface area contributed by atoms with Crippen molar-refractivity contribution in [2.45, 2.75) is 4.90 Å². The van der Waals surface area contributed by atoms with Crippen LogP contribution in [0.15, 0.2) is 59.5 Å². The summed E-state index contributed by atoms with van der Waals surface area (Å²) in [6.45, 7) is 6.87. The second kappa shape index (κ2) is 7.41. The Morgan fingerprint density at radius 3 is 2.50 bits per heavy atom. The Labute approximate surface area is 139 Å². The zero-order valence-corrected chi connectivity index (χ0v) is 13.1. The molecule has 3 N–H and O–H groups in total. The Kier molecular flexibility index (Phi) is 5.31. The third-order valence-electron chi connectivity index (χ3n) is 2.95. The lowest BCUT2D eigenvalue weighted by molar-refractivity contribution is -0.124. The number of nitrogens with zero attached hydrogens (tertiary/aromatic N) is 1. The van der Waals surface area contributed by atoms with Crippen LogP contribution in [0.4, 0.5) is 11.4 Å². The summed E-state index contributed by atoms with van der Waals surface area (Å²) in [5.74, 6) is -0.721. The van der Waals surface area contributed by atoms with E-state index in [1.54, 1.807) is 6.07 Å². The zero-order valence-electron chi connectivity index (χ0n) is 12.3. The summed E-state index contributed by atoms with van der Waals surface area (Å²) in [7, 11) is -3.81. The quantitative estimate of drug-likeness (QED) is 0.336. The maximum Gasteiger partial charge on any atom is 0.267 e. The number of benzene rings is 2. The van der Waals surface area contributed by atoms with Crippen molar-refractivity contribution in [1.29, 1.82) is 0 Å². The van der Waals surface area contributed by atoms with Gasteiger partial charge in [-0.2, -0.15) is 0 Å². The maximum absolute atomic E-state index is 12.4. The van der Waals surface area contributed by atoms with E-state index in [-0.39, 0.29) is 4.90 Å². The molecule has 0 saturated carbocycles. The zero-order chi connectivity index (χ0) is 17.6. The number of rotatable bonds is 5. The molecule has 1 amide bonds. The summed E-state index contributed by atoms with van der Waals surface area (Å²) in [4.78, 5) is 14.2. The van der Waals surface area contributed by atoms with E-state index in [9.17, 15) is 13.2 Å². The molecule has 0 spiro atoms. The molecule has 2 rings (SSSR count). The van der Waals surface area contributed by atoms with Gasteiger partial charge in [0.1, 0.15) is 0 Å². The number of hydrogen-bond acceptors (Lipinski definition) is 4. The Hall–Kier alpha value is -3.15. The maximum atomic E-state index is 12.4. The first-order valence-corrected chi connectivity index (χ1v) is 8.15. The minimum absolute atomic E-state index is 0.0170. The minimum atomic E-state index is -3.81. The second-order valence-electron chi connectivity index (χ2n) is 4.65. The van der Waals surface area contributed by atoms with Crippen molar-refractivity contribution in [2.24, 2.45) is 0 Å². The van der Waals surface area contributed by atoms with E-state index in [4.69, 9.17) is 11.8 Å². The van der Waals surface area contributed by atoms with Gasteiger partial charge in [0, 0.05) is 11.8 Å². The fraction of sp³-hybridized carbons (Fsp3) is 0. The average molecular weight is 343 g/mol. The van der Waals surface area contributed by atoms with E-state index in [0.29, 0.717) is 16.9 Å². The van der Waals surface area contributed by atoms with Crippen LogP contribution < -0.4 is 10.2 Å². The van der Waals surface area contributed by atoms with E-state index in [1.807, 2.05) is 0 Å². The monoisotopic (exact) mass is 343 g/mol. The van der Waals surface area contributed by atoms with E-state index in [2.05, 4.69) is 9.57 Å². The number of carbonyl (C=O) groups excluding carboxylic acids is 1. The van der Waals surface area contributed by atoms with Gasteiger partial charge in [0.05, 0.1) is 11.5 Å². The molecule has 2 aromatic rings. The average Bonchev–Trinajstić information content (AvgIpc) is 2.60. The van der Waals surface area contributed by atoms with Crippen molar-refractivity contribution in [3.05, 3.63) is 71.6 Å². The molecule has 0 aliphatic rings. The highest BCUT2D eigenvalue weighted by molar-refractivity contribution is 7.92. The van der Waals surface area contributed by atoms with E-state index < -0.39 is 15.9 Å². The van der Waals surface area contributed by atoms with Gasteiger partial charge in [0.15, 0.2) is 5.69 Å². The number of anilines is 1. The van der Waals surface area contributed by atoms with Crippen LogP contribution in [0.25, 0.3) is 10.9 Å². The van der Waals surface area contributed by atoms with Crippen molar-refractivity contribution in [3.8, 4) is 0 Å². The molecule has 0 fully saturated rings. The van der Waals surface area contributed by atoms with Crippen LogP contribution in [0.5, 0.6) is 0 Å². The lowest BCUT2D eigenvalue weighted by Crippen LogP contribution is -2.15. The van der Waals surface area contributed by atoms with Gasteiger partial charge in [0.25, 0.3) is 15.9 Å². The molecule has 8 heteroatoms. The van der Waals surface area contributed by atoms with Crippen molar-refractivity contribution in [2.75, 3.05) is 4.72 Å². The van der Waals surface area contributed by atoms with Gasteiger partial charge >= 0.3 is 0 Å². The molecular weight excluding hydrogens is 330 g/mol. The van der Waals surface area contributed by atoms with E-state index in [0.717, 1.165) is 6.08 Å². The molecule has 0 aromatic heterocycles. The predicted molar refractivity (Wildman–Crippen MR) is 88.9 cm³/mol. The number of amides is 1. The standard InChI is InChI=1S/C16H13N3O4S/c1-17-13-6-8-14(9-7-13)19-24(22,23)15-4-2-3-12(11-15)5-10-16(20)18-21/h2-11,19,21H,(H,18,20)/b10-5+. The molecule has 0 heterocycles. The van der Waals surface area contributed by atoms with Gasteiger partial charge in [-0.25, -0.2) is 18.7 Å². The minimum Gasteiger partial charge on any atom is -0.288 e. The second-order valence-corrected chi connectivity index (χ2v) is 6.33. The highest BCUT2D eigenvalue weighted by Crippen LogP contribution is 2.20. The highest BCUT2D eigenvalue weighted by atomic mass is 32.2. The van der Waals surface area contributed by atoms with Gasteiger partial charge in [-0.05, 0) is 35.9 Å². The molecule has 2 aromatic carbocycles. The Balaban J connectivity index is 2.24. The smallest absolute Gasteiger partial charge is 0.267 e. The topological polar surface area (TPSA) is 99.9 Å². The number of carbonyl (C=O) groups is 1. The van der Waals surface area contributed by atoms with Crippen LogP contribution in [-0.2, 0) is 14.8 Å². The first-order chi connectivity index (χ1) is 11.4.